The molecule has 1 fully saturated rings. The molecule has 4 rings (SSSR count). The summed E-state index contributed by atoms with van der Waals surface area (Å²) in [6.07, 6.45) is 3.74. The van der Waals surface area contributed by atoms with Gasteiger partial charge in [0.05, 0.1) is 11.1 Å². The van der Waals surface area contributed by atoms with Crippen molar-refractivity contribution < 1.29 is 4.79 Å². The molecule has 0 spiro atoms. The number of primary amides is 1. The fourth-order valence-electron chi connectivity index (χ4n) is 4.03. The van der Waals surface area contributed by atoms with Crippen molar-refractivity contribution >= 4 is 22.6 Å². The Kier molecular flexibility index (Phi) is 5.81. The summed E-state index contributed by atoms with van der Waals surface area (Å²) in [5.41, 5.74) is 9.61. The Hall–Kier alpha value is -2.86. The van der Waals surface area contributed by atoms with Gasteiger partial charge in [0.1, 0.15) is 11.3 Å². The van der Waals surface area contributed by atoms with Crippen LogP contribution >= 0.6 is 0 Å². The number of carbonyl (C=O) groups is 1. The lowest BCUT2D eigenvalue weighted by Crippen LogP contribution is -2.31. The highest BCUT2D eigenvalue weighted by molar-refractivity contribution is 6.04. The van der Waals surface area contributed by atoms with Crippen LogP contribution in [0.2, 0.25) is 0 Å². The van der Waals surface area contributed by atoms with E-state index in [4.69, 9.17) is 5.73 Å². The number of fused-ring (bicyclic) bond motifs is 1. The zero-order valence-electron chi connectivity index (χ0n) is 17.0. The van der Waals surface area contributed by atoms with Crippen LogP contribution in [0.4, 0.5) is 5.69 Å². The SMILES string of the molecule is CCCCN1CCCN(c2ccc(-c3nc4c(C(N)=O)cccc4[nH]3)cc2)CC1. The number of aromatic nitrogens is 2. The Morgan fingerprint density at radius 3 is 2.69 bits per heavy atom. The topological polar surface area (TPSA) is 78.2 Å². The van der Waals surface area contributed by atoms with E-state index in [-0.39, 0.29) is 0 Å². The first kappa shape index (κ1) is 19.5. The first-order valence-corrected chi connectivity index (χ1v) is 10.5. The summed E-state index contributed by atoms with van der Waals surface area (Å²) in [6.45, 7) is 7.94. The van der Waals surface area contributed by atoms with Crippen LogP contribution < -0.4 is 10.6 Å². The Balaban J connectivity index is 1.50. The van der Waals surface area contributed by atoms with E-state index in [1.54, 1.807) is 6.07 Å². The Morgan fingerprint density at radius 2 is 1.93 bits per heavy atom. The number of rotatable bonds is 6. The fourth-order valence-corrected chi connectivity index (χ4v) is 4.03. The molecule has 6 nitrogen and oxygen atoms in total. The zero-order chi connectivity index (χ0) is 20.2. The number of amides is 1. The van der Waals surface area contributed by atoms with E-state index in [0.29, 0.717) is 11.1 Å². The van der Waals surface area contributed by atoms with Gasteiger partial charge in [0.25, 0.3) is 5.91 Å². The minimum Gasteiger partial charge on any atom is -0.370 e. The van der Waals surface area contributed by atoms with E-state index >= 15 is 0 Å². The van der Waals surface area contributed by atoms with Crippen LogP contribution in [0.3, 0.4) is 0 Å². The number of nitrogens with two attached hydrogens (primary N) is 1. The number of para-hydroxylation sites is 1. The van der Waals surface area contributed by atoms with Crippen LogP contribution in [0.25, 0.3) is 22.4 Å². The van der Waals surface area contributed by atoms with Gasteiger partial charge in [-0.25, -0.2) is 4.98 Å². The molecule has 2 aromatic carbocycles. The first-order chi connectivity index (χ1) is 14.2. The molecule has 6 heteroatoms. The van der Waals surface area contributed by atoms with Gasteiger partial charge in [-0.1, -0.05) is 19.4 Å². The highest BCUT2D eigenvalue weighted by Gasteiger charge is 2.16. The predicted molar refractivity (Wildman–Crippen MR) is 118 cm³/mol. The van der Waals surface area contributed by atoms with Crippen LogP contribution in [-0.2, 0) is 0 Å². The third-order valence-electron chi connectivity index (χ3n) is 5.70. The number of nitrogens with zero attached hydrogens (tertiary/aromatic N) is 3. The third kappa shape index (κ3) is 4.27. The van der Waals surface area contributed by atoms with Crippen molar-refractivity contribution in [1.29, 1.82) is 0 Å². The van der Waals surface area contributed by atoms with Crippen molar-refractivity contribution in [3.8, 4) is 11.4 Å². The van der Waals surface area contributed by atoms with E-state index in [1.165, 1.54) is 38.0 Å². The molecule has 0 radical (unpaired) electrons. The van der Waals surface area contributed by atoms with Crippen molar-refractivity contribution in [2.75, 3.05) is 37.6 Å². The summed E-state index contributed by atoms with van der Waals surface area (Å²) in [5, 5.41) is 0. The molecule has 1 aromatic heterocycles. The van der Waals surface area contributed by atoms with Gasteiger partial charge < -0.3 is 20.5 Å². The molecule has 1 aliphatic heterocycles. The fraction of sp³-hybridized carbons (Fsp3) is 0.391. The lowest BCUT2D eigenvalue weighted by atomic mass is 10.2. The van der Waals surface area contributed by atoms with E-state index in [0.717, 1.165) is 36.5 Å². The van der Waals surface area contributed by atoms with Gasteiger partial charge in [0, 0.05) is 30.9 Å². The summed E-state index contributed by atoms with van der Waals surface area (Å²) in [5.74, 6) is 0.292. The van der Waals surface area contributed by atoms with E-state index < -0.39 is 5.91 Å². The number of aromatic amines is 1. The van der Waals surface area contributed by atoms with Crippen molar-refractivity contribution in [1.82, 2.24) is 14.9 Å². The van der Waals surface area contributed by atoms with Gasteiger partial charge in [0.15, 0.2) is 0 Å². The van der Waals surface area contributed by atoms with Crippen molar-refractivity contribution in [2.24, 2.45) is 5.73 Å². The Labute approximate surface area is 171 Å². The monoisotopic (exact) mass is 391 g/mol. The van der Waals surface area contributed by atoms with Gasteiger partial charge in [-0.05, 0) is 62.3 Å². The second kappa shape index (κ2) is 8.66. The molecule has 0 unspecified atom stereocenters. The van der Waals surface area contributed by atoms with Crippen LogP contribution in [0, 0.1) is 0 Å². The zero-order valence-corrected chi connectivity index (χ0v) is 17.0. The van der Waals surface area contributed by atoms with Crippen molar-refractivity contribution in [2.45, 2.75) is 26.2 Å². The van der Waals surface area contributed by atoms with Crippen LogP contribution in [0.1, 0.15) is 36.5 Å². The second-order valence-corrected chi connectivity index (χ2v) is 7.73. The molecule has 0 saturated carbocycles. The highest BCUT2D eigenvalue weighted by Crippen LogP contribution is 2.25. The Bertz CT molecular complexity index is 979. The smallest absolute Gasteiger partial charge is 0.250 e. The maximum absolute atomic E-state index is 11.6. The standard InChI is InChI=1S/C23H29N5O/c1-2-3-12-27-13-5-14-28(16-15-27)18-10-8-17(9-11-18)23-25-20-7-4-6-19(22(24)29)21(20)26-23/h4,6-11H,2-3,5,12-16H2,1H3,(H2,24,29)(H,25,26). The summed E-state index contributed by atoms with van der Waals surface area (Å²) in [4.78, 5) is 24.6. The quantitative estimate of drug-likeness (QED) is 0.672. The van der Waals surface area contributed by atoms with E-state index in [1.807, 2.05) is 12.1 Å². The molecule has 3 aromatic rings. The van der Waals surface area contributed by atoms with Crippen LogP contribution in [-0.4, -0.2) is 53.5 Å². The molecule has 2 heterocycles. The molecule has 0 aliphatic carbocycles. The number of imidazole rings is 1. The van der Waals surface area contributed by atoms with Crippen LogP contribution in [0.15, 0.2) is 42.5 Å². The van der Waals surface area contributed by atoms with Crippen molar-refractivity contribution in [3.63, 3.8) is 0 Å². The molecule has 1 amide bonds. The van der Waals surface area contributed by atoms with Crippen molar-refractivity contribution in [3.05, 3.63) is 48.0 Å². The number of benzene rings is 2. The molecular formula is C23H29N5O. The summed E-state index contributed by atoms with van der Waals surface area (Å²) in [6, 6.07) is 14.0. The lowest BCUT2D eigenvalue weighted by molar-refractivity contribution is 0.100. The number of anilines is 1. The third-order valence-corrected chi connectivity index (χ3v) is 5.70. The van der Waals surface area contributed by atoms with Gasteiger partial charge in [-0.15, -0.1) is 0 Å². The van der Waals surface area contributed by atoms with Gasteiger partial charge in [-0.2, -0.15) is 0 Å². The highest BCUT2D eigenvalue weighted by atomic mass is 16.1. The molecule has 1 aliphatic rings. The minimum absolute atomic E-state index is 0.443. The maximum Gasteiger partial charge on any atom is 0.250 e. The molecule has 152 valence electrons. The summed E-state index contributed by atoms with van der Waals surface area (Å²) >= 11 is 0. The average Bonchev–Trinajstić information content (AvgIpc) is 3.04. The number of hydrogen-bond acceptors (Lipinski definition) is 4. The van der Waals surface area contributed by atoms with Gasteiger partial charge in [0.2, 0.25) is 0 Å². The average molecular weight is 392 g/mol. The lowest BCUT2D eigenvalue weighted by Gasteiger charge is -2.23. The summed E-state index contributed by atoms with van der Waals surface area (Å²) in [7, 11) is 0. The molecule has 29 heavy (non-hydrogen) atoms. The minimum atomic E-state index is -0.460. The molecule has 1 saturated heterocycles. The number of H-pyrrole nitrogens is 1. The molecule has 0 atom stereocenters. The number of unbranched alkanes of at least 4 members (excludes halogenated alkanes) is 1. The summed E-state index contributed by atoms with van der Waals surface area (Å²) < 4.78 is 0. The van der Waals surface area contributed by atoms with Gasteiger partial charge >= 0.3 is 0 Å². The maximum atomic E-state index is 11.6. The normalized spacial score (nSPS) is 15.6. The van der Waals surface area contributed by atoms with E-state index in [2.05, 4.69) is 51.0 Å². The second-order valence-electron chi connectivity index (χ2n) is 7.73. The largest absolute Gasteiger partial charge is 0.370 e. The van der Waals surface area contributed by atoms with Crippen LogP contribution in [0.5, 0.6) is 0 Å². The van der Waals surface area contributed by atoms with Gasteiger partial charge in [-0.3, -0.25) is 4.79 Å². The number of hydrogen-bond donors (Lipinski definition) is 2. The molecule has 0 bridgehead atoms. The predicted octanol–water partition coefficient (Wildman–Crippen LogP) is 3.64. The molecular weight excluding hydrogens is 362 g/mol. The Morgan fingerprint density at radius 1 is 1.10 bits per heavy atom. The first-order valence-electron chi connectivity index (χ1n) is 10.5. The molecule has 3 N–H and O–H groups in total. The number of carbonyl (C=O) groups excluding carboxylic acids is 1. The van der Waals surface area contributed by atoms with E-state index in [9.17, 15) is 4.79 Å². The number of nitrogens with one attached hydrogen (secondary N) is 1.